The number of benzene rings is 1. The van der Waals surface area contributed by atoms with Crippen LogP contribution >= 0.6 is 0 Å². The maximum Gasteiger partial charge on any atom is 0.226 e. The number of hydrogen-bond donors (Lipinski definition) is 1. The highest BCUT2D eigenvalue weighted by Crippen LogP contribution is 2.28. The summed E-state index contributed by atoms with van der Waals surface area (Å²) in [7, 11) is 0. The molecule has 0 saturated carbocycles. The number of nitrogens with one attached hydrogen (secondary N) is 1. The number of anilines is 1. The van der Waals surface area contributed by atoms with Crippen molar-refractivity contribution < 1.29 is 9.59 Å². The van der Waals surface area contributed by atoms with Crippen LogP contribution in [-0.4, -0.2) is 40.8 Å². The van der Waals surface area contributed by atoms with Crippen LogP contribution < -0.4 is 4.90 Å². The van der Waals surface area contributed by atoms with Gasteiger partial charge in [0.2, 0.25) is 11.8 Å². The zero-order chi connectivity index (χ0) is 17.3. The van der Waals surface area contributed by atoms with Gasteiger partial charge in [-0.3, -0.25) is 9.59 Å². The molecular weight excluding hydrogens is 302 g/mol. The van der Waals surface area contributed by atoms with Gasteiger partial charge in [-0.1, -0.05) is 6.92 Å². The number of carbonyl (C=O) groups excluding carboxylic acids is 2. The third-order valence-corrected chi connectivity index (χ3v) is 4.86. The second kappa shape index (κ2) is 6.67. The predicted octanol–water partition coefficient (Wildman–Crippen LogP) is 3.23. The predicted molar refractivity (Wildman–Crippen MR) is 96.1 cm³/mol. The van der Waals surface area contributed by atoms with E-state index in [1.807, 2.05) is 35.8 Å². The minimum absolute atomic E-state index is 0.117. The molecule has 5 heteroatoms. The first kappa shape index (κ1) is 16.6. The van der Waals surface area contributed by atoms with E-state index in [0.29, 0.717) is 6.42 Å². The maximum absolute atomic E-state index is 12.6. The Kier molecular flexibility index (Phi) is 4.60. The Labute approximate surface area is 142 Å². The number of aromatic amines is 1. The monoisotopic (exact) mass is 327 g/mol. The van der Waals surface area contributed by atoms with Gasteiger partial charge in [0, 0.05) is 54.8 Å². The Morgan fingerprint density at radius 3 is 2.58 bits per heavy atom. The van der Waals surface area contributed by atoms with Crippen molar-refractivity contribution in [1.29, 1.82) is 0 Å². The van der Waals surface area contributed by atoms with E-state index in [1.54, 1.807) is 6.92 Å². The minimum Gasteiger partial charge on any atom is -0.359 e. The number of carbonyl (C=O) groups is 2. The molecule has 1 saturated heterocycles. The number of hydrogen-bond acceptors (Lipinski definition) is 2. The number of fused-ring (bicyclic) bond motifs is 1. The lowest BCUT2D eigenvalue weighted by atomic mass is 10.0. The first-order valence-electron chi connectivity index (χ1n) is 8.66. The van der Waals surface area contributed by atoms with E-state index >= 15 is 0 Å². The van der Waals surface area contributed by atoms with Crippen molar-refractivity contribution in [3.8, 4) is 0 Å². The number of piperidine rings is 1. The Morgan fingerprint density at radius 2 is 1.96 bits per heavy atom. The highest BCUT2D eigenvalue weighted by atomic mass is 16.2. The molecule has 0 atom stereocenters. The van der Waals surface area contributed by atoms with E-state index in [9.17, 15) is 9.59 Å². The molecule has 0 spiro atoms. The molecule has 0 unspecified atom stereocenters. The third kappa shape index (κ3) is 3.16. The molecule has 1 fully saturated rings. The molecule has 0 radical (unpaired) electrons. The largest absolute Gasteiger partial charge is 0.359 e. The van der Waals surface area contributed by atoms with Gasteiger partial charge in [0.25, 0.3) is 0 Å². The number of H-pyrrole nitrogens is 1. The van der Waals surface area contributed by atoms with Crippen LogP contribution in [0.25, 0.3) is 10.9 Å². The summed E-state index contributed by atoms with van der Waals surface area (Å²) >= 11 is 0. The van der Waals surface area contributed by atoms with Crippen LogP contribution in [0, 0.1) is 6.92 Å². The first-order valence-corrected chi connectivity index (χ1v) is 8.66. The van der Waals surface area contributed by atoms with Gasteiger partial charge < -0.3 is 14.8 Å². The second-order valence-corrected chi connectivity index (χ2v) is 6.58. The highest BCUT2D eigenvalue weighted by molar-refractivity contribution is 5.96. The standard InChI is InChI=1S/C19H25N3O2/c1-4-19(24)22(16-7-9-21(10-8-16)14(3)23)17-5-6-18-15(12-17)11-13(2)20-18/h5-6,11-12,16,20H,4,7-10H2,1-3H3. The van der Waals surface area contributed by atoms with Gasteiger partial charge in [-0.25, -0.2) is 0 Å². The lowest BCUT2D eigenvalue weighted by molar-refractivity contribution is -0.129. The number of rotatable bonds is 3. The first-order chi connectivity index (χ1) is 11.5. The molecule has 24 heavy (non-hydrogen) atoms. The van der Waals surface area contributed by atoms with Crippen LogP contribution in [0.1, 0.15) is 38.8 Å². The number of nitrogens with zero attached hydrogens (tertiary/aromatic N) is 2. The number of aromatic nitrogens is 1. The number of aryl methyl sites for hydroxylation is 1. The smallest absolute Gasteiger partial charge is 0.226 e. The number of likely N-dealkylation sites (tertiary alicyclic amines) is 1. The van der Waals surface area contributed by atoms with Crippen molar-refractivity contribution in [2.24, 2.45) is 0 Å². The zero-order valence-electron chi connectivity index (χ0n) is 14.6. The van der Waals surface area contributed by atoms with Gasteiger partial charge in [-0.15, -0.1) is 0 Å². The molecule has 1 aliphatic rings. The maximum atomic E-state index is 12.6. The van der Waals surface area contributed by atoms with E-state index in [2.05, 4.69) is 17.1 Å². The SMILES string of the molecule is CCC(=O)N(c1ccc2[nH]c(C)cc2c1)C1CCN(C(C)=O)CC1. The van der Waals surface area contributed by atoms with Gasteiger partial charge in [0.1, 0.15) is 0 Å². The quantitative estimate of drug-likeness (QED) is 0.941. The fourth-order valence-corrected chi connectivity index (χ4v) is 3.58. The van der Waals surface area contributed by atoms with Crippen LogP contribution in [0.3, 0.4) is 0 Å². The molecule has 1 N–H and O–H groups in total. The second-order valence-electron chi connectivity index (χ2n) is 6.58. The van der Waals surface area contributed by atoms with Crippen LogP contribution in [-0.2, 0) is 9.59 Å². The zero-order valence-corrected chi connectivity index (χ0v) is 14.6. The molecule has 0 aliphatic carbocycles. The summed E-state index contributed by atoms with van der Waals surface area (Å²) in [5.41, 5.74) is 3.16. The molecule has 2 aromatic rings. The van der Waals surface area contributed by atoms with Gasteiger partial charge in [0.15, 0.2) is 0 Å². The van der Waals surface area contributed by atoms with E-state index < -0.39 is 0 Å². The summed E-state index contributed by atoms with van der Waals surface area (Å²) in [4.78, 5) is 31.3. The Hall–Kier alpha value is -2.30. The van der Waals surface area contributed by atoms with Gasteiger partial charge >= 0.3 is 0 Å². The van der Waals surface area contributed by atoms with E-state index in [4.69, 9.17) is 0 Å². The molecule has 2 heterocycles. The molecule has 3 rings (SSSR count). The van der Waals surface area contributed by atoms with Gasteiger partial charge in [0.05, 0.1) is 0 Å². The fourth-order valence-electron chi connectivity index (χ4n) is 3.58. The van der Waals surface area contributed by atoms with Gasteiger partial charge in [-0.05, 0) is 44.0 Å². The van der Waals surface area contributed by atoms with Crippen molar-refractivity contribution in [3.05, 3.63) is 30.0 Å². The van der Waals surface area contributed by atoms with E-state index in [1.165, 1.54) is 0 Å². The Bertz CT molecular complexity index is 757. The molecule has 5 nitrogen and oxygen atoms in total. The molecule has 1 aromatic carbocycles. The third-order valence-electron chi connectivity index (χ3n) is 4.86. The van der Waals surface area contributed by atoms with Crippen LogP contribution in [0.4, 0.5) is 5.69 Å². The Morgan fingerprint density at radius 1 is 1.25 bits per heavy atom. The topological polar surface area (TPSA) is 56.4 Å². The van der Waals surface area contributed by atoms with Crippen LogP contribution in [0.2, 0.25) is 0 Å². The number of amides is 2. The van der Waals surface area contributed by atoms with Crippen molar-refractivity contribution in [1.82, 2.24) is 9.88 Å². The van der Waals surface area contributed by atoms with Crippen molar-refractivity contribution in [2.75, 3.05) is 18.0 Å². The van der Waals surface area contributed by atoms with E-state index in [-0.39, 0.29) is 17.9 Å². The lowest BCUT2D eigenvalue weighted by Gasteiger charge is -2.38. The summed E-state index contributed by atoms with van der Waals surface area (Å²) < 4.78 is 0. The minimum atomic E-state index is 0.117. The average Bonchev–Trinajstić information content (AvgIpc) is 2.94. The highest BCUT2D eigenvalue weighted by Gasteiger charge is 2.29. The summed E-state index contributed by atoms with van der Waals surface area (Å²) in [6.45, 7) is 6.99. The summed E-state index contributed by atoms with van der Waals surface area (Å²) in [6, 6.07) is 8.40. The van der Waals surface area contributed by atoms with Gasteiger partial charge in [-0.2, -0.15) is 0 Å². The van der Waals surface area contributed by atoms with Crippen molar-refractivity contribution >= 4 is 28.4 Å². The summed E-state index contributed by atoms with van der Waals surface area (Å²) in [6.07, 6.45) is 2.14. The van der Waals surface area contributed by atoms with E-state index in [0.717, 1.165) is 48.2 Å². The summed E-state index contributed by atoms with van der Waals surface area (Å²) in [5, 5.41) is 1.13. The van der Waals surface area contributed by atoms with Crippen LogP contribution in [0.5, 0.6) is 0 Å². The average molecular weight is 327 g/mol. The summed E-state index contributed by atoms with van der Waals surface area (Å²) in [5.74, 6) is 0.258. The molecule has 1 aromatic heterocycles. The molecule has 128 valence electrons. The molecule has 2 amide bonds. The lowest BCUT2D eigenvalue weighted by Crippen LogP contribution is -2.48. The molecule has 1 aliphatic heterocycles. The normalized spacial score (nSPS) is 15.7. The molecule has 0 bridgehead atoms. The Balaban J connectivity index is 1.88. The fraction of sp³-hybridized carbons (Fsp3) is 0.474. The van der Waals surface area contributed by atoms with Crippen molar-refractivity contribution in [2.45, 2.75) is 46.1 Å². The van der Waals surface area contributed by atoms with Crippen LogP contribution in [0.15, 0.2) is 24.3 Å². The molecular formula is C19H25N3O2. The van der Waals surface area contributed by atoms with Crippen molar-refractivity contribution in [3.63, 3.8) is 0 Å².